The molecule has 1 aromatic rings. The third-order valence-corrected chi connectivity index (χ3v) is 1.88. The van der Waals surface area contributed by atoms with Crippen molar-refractivity contribution >= 4 is 24.1 Å². The second kappa shape index (κ2) is 5.89. The van der Waals surface area contributed by atoms with Crippen molar-refractivity contribution in [3.05, 3.63) is 29.3 Å². The summed E-state index contributed by atoms with van der Waals surface area (Å²) in [5.74, 6) is -0.369. The van der Waals surface area contributed by atoms with Gasteiger partial charge >= 0.3 is 5.97 Å². The molecule has 0 saturated carbocycles. The van der Waals surface area contributed by atoms with Gasteiger partial charge in [-0.1, -0.05) is 12.1 Å². The molecule has 15 heavy (non-hydrogen) atoms. The largest absolute Gasteiger partial charge is 0.469 e. The second-order valence-corrected chi connectivity index (χ2v) is 2.74. The third-order valence-electron chi connectivity index (χ3n) is 1.88. The zero-order chi connectivity index (χ0) is 10.6. The maximum absolute atomic E-state index is 11.0. The number of carbonyl (C=O) groups is 1. The number of nitriles is 1. The van der Waals surface area contributed by atoms with Gasteiger partial charge in [-0.05, 0) is 11.6 Å². The molecular weight excluding hydrogens is 216 g/mol. The summed E-state index contributed by atoms with van der Waals surface area (Å²) in [6.45, 7) is 0. The third kappa shape index (κ3) is 3.15. The average Bonchev–Trinajstić information content (AvgIpc) is 2.21. The van der Waals surface area contributed by atoms with Crippen LogP contribution in [0.1, 0.15) is 11.1 Å². The molecular formula is C10H11ClN2O2. The number of carbonyl (C=O) groups excluding carboxylic acids is 1. The number of benzene rings is 1. The number of halogens is 1. The molecule has 0 atom stereocenters. The number of anilines is 1. The highest BCUT2D eigenvalue weighted by atomic mass is 35.5. The zero-order valence-corrected chi connectivity index (χ0v) is 9.00. The quantitative estimate of drug-likeness (QED) is 0.609. The average molecular weight is 227 g/mol. The van der Waals surface area contributed by atoms with Gasteiger partial charge in [-0.25, -0.2) is 0 Å². The van der Waals surface area contributed by atoms with Crippen LogP contribution in [-0.2, 0) is 16.0 Å². The number of rotatable bonds is 2. The summed E-state index contributed by atoms with van der Waals surface area (Å²) in [5, 5.41) is 8.69. The first-order chi connectivity index (χ1) is 6.69. The van der Waals surface area contributed by atoms with Crippen LogP contribution >= 0.6 is 12.4 Å². The summed E-state index contributed by atoms with van der Waals surface area (Å²) in [6, 6.07) is 6.95. The number of ether oxygens (including phenoxy) is 1. The van der Waals surface area contributed by atoms with Crippen LogP contribution in [0.2, 0.25) is 0 Å². The number of methoxy groups -OCH3 is 1. The molecule has 2 N–H and O–H groups in total. The maximum Gasteiger partial charge on any atom is 0.310 e. The molecule has 0 amide bonds. The minimum Gasteiger partial charge on any atom is -0.469 e. The Balaban J connectivity index is 0.00000196. The fourth-order valence-corrected chi connectivity index (χ4v) is 1.09. The lowest BCUT2D eigenvalue weighted by atomic mass is 10.1. The van der Waals surface area contributed by atoms with Crippen molar-refractivity contribution < 1.29 is 9.53 Å². The minimum absolute atomic E-state index is 0. The van der Waals surface area contributed by atoms with Crippen molar-refractivity contribution in [2.24, 2.45) is 0 Å². The lowest BCUT2D eigenvalue weighted by Crippen LogP contribution is -2.07. The molecule has 0 aromatic heterocycles. The monoisotopic (exact) mass is 226 g/mol. The van der Waals surface area contributed by atoms with Crippen LogP contribution in [0.25, 0.3) is 0 Å². The van der Waals surface area contributed by atoms with Crippen molar-refractivity contribution in [2.75, 3.05) is 12.8 Å². The van der Waals surface area contributed by atoms with Crippen LogP contribution in [0.4, 0.5) is 5.69 Å². The molecule has 0 aliphatic carbocycles. The summed E-state index contributed by atoms with van der Waals surface area (Å²) in [5.41, 5.74) is 7.02. The van der Waals surface area contributed by atoms with Crippen LogP contribution in [-0.4, -0.2) is 13.1 Å². The van der Waals surface area contributed by atoms with Gasteiger partial charge in [0, 0.05) is 0 Å². The predicted molar refractivity (Wildman–Crippen MR) is 58.5 cm³/mol. The lowest BCUT2D eigenvalue weighted by Gasteiger charge is -2.04. The Labute approximate surface area is 94.1 Å². The number of nitrogen functional groups attached to an aromatic ring is 1. The molecule has 1 aromatic carbocycles. The number of nitrogens with zero attached hydrogens (tertiary/aromatic N) is 1. The van der Waals surface area contributed by atoms with E-state index in [1.165, 1.54) is 7.11 Å². The van der Waals surface area contributed by atoms with Gasteiger partial charge in [-0.15, -0.1) is 12.4 Å². The Kier molecular flexibility index (Phi) is 5.21. The number of hydrogen-bond donors (Lipinski definition) is 1. The van der Waals surface area contributed by atoms with Crippen LogP contribution in [0.15, 0.2) is 18.2 Å². The first-order valence-electron chi connectivity index (χ1n) is 4.03. The molecule has 0 aliphatic heterocycles. The standard InChI is InChI=1S/C10H10N2O2.ClH/c1-14-9(13)5-7-3-2-4-8(6-11)10(7)12;/h2-4H,5,12H2,1H3;1H. The van der Waals surface area contributed by atoms with Crippen molar-refractivity contribution in [1.82, 2.24) is 0 Å². The van der Waals surface area contributed by atoms with Gasteiger partial charge in [0.25, 0.3) is 0 Å². The van der Waals surface area contributed by atoms with Gasteiger partial charge < -0.3 is 10.5 Å². The summed E-state index contributed by atoms with van der Waals surface area (Å²) < 4.78 is 4.51. The molecule has 4 nitrogen and oxygen atoms in total. The number of nitrogens with two attached hydrogens (primary N) is 1. The van der Waals surface area contributed by atoms with Gasteiger partial charge in [0.1, 0.15) is 6.07 Å². The molecule has 1 rings (SSSR count). The Hall–Kier alpha value is -1.73. The van der Waals surface area contributed by atoms with Gasteiger partial charge in [0.2, 0.25) is 0 Å². The summed E-state index contributed by atoms with van der Waals surface area (Å²) in [7, 11) is 1.31. The minimum atomic E-state index is -0.369. The molecule has 0 fully saturated rings. The molecule has 0 spiro atoms. The SMILES string of the molecule is COC(=O)Cc1cccc(C#N)c1N.Cl. The van der Waals surface area contributed by atoms with E-state index in [1.807, 2.05) is 6.07 Å². The van der Waals surface area contributed by atoms with Crippen molar-refractivity contribution in [3.63, 3.8) is 0 Å². The van der Waals surface area contributed by atoms with Crippen LogP contribution in [0.3, 0.4) is 0 Å². The lowest BCUT2D eigenvalue weighted by molar-refractivity contribution is -0.139. The fourth-order valence-electron chi connectivity index (χ4n) is 1.09. The fraction of sp³-hybridized carbons (Fsp3) is 0.200. The second-order valence-electron chi connectivity index (χ2n) is 2.74. The van der Waals surface area contributed by atoms with E-state index in [-0.39, 0.29) is 24.8 Å². The Bertz CT molecular complexity index is 399. The summed E-state index contributed by atoms with van der Waals surface area (Å²) in [4.78, 5) is 11.0. The molecule has 0 bridgehead atoms. The molecule has 5 heteroatoms. The van der Waals surface area contributed by atoms with E-state index in [1.54, 1.807) is 18.2 Å². The summed E-state index contributed by atoms with van der Waals surface area (Å²) in [6.07, 6.45) is 0.0951. The number of esters is 1. The van der Waals surface area contributed by atoms with E-state index >= 15 is 0 Å². The van der Waals surface area contributed by atoms with E-state index in [0.717, 1.165) is 0 Å². The maximum atomic E-state index is 11.0. The molecule has 0 saturated heterocycles. The zero-order valence-electron chi connectivity index (χ0n) is 8.19. The summed E-state index contributed by atoms with van der Waals surface area (Å²) >= 11 is 0. The first-order valence-corrected chi connectivity index (χ1v) is 4.03. The Morgan fingerprint density at radius 1 is 1.60 bits per heavy atom. The van der Waals surface area contributed by atoms with E-state index < -0.39 is 0 Å². The molecule has 80 valence electrons. The Morgan fingerprint density at radius 3 is 2.80 bits per heavy atom. The highest BCUT2D eigenvalue weighted by Gasteiger charge is 2.08. The molecule has 0 heterocycles. The molecule has 0 unspecified atom stereocenters. The van der Waals surface area contributed by atoms with Crippen molar-refractivity contribution in [2.45, 2.75) is 6.42 Å². The number of para-hydroxylation sites is 1. The Morgan fingerprint density at radius 2 is 2.27 bits per heavy atom. The van der Waals surface area contributed by atoms with E-state index in [9.17, 15) is 4.79 Å². The molecule has 0 radical (unpaired) electrons. The molecule has 0 aliphatic rings. The van der Waals surface area contributed by atoms with E-state index in [0.29, 0.717) is 16.8 Å². The highest BCUT2D eigenvalue weighted by molar-refractivity contribution is 5.85. The highest BCUT2D eigenvalue weighted by Crippen LogP contribution is 2.17. The van der Waals surface area contributed by atoms with E-state index in [2.05, 4.69) is 4.74 Å². The van der Waals surface area contributed by atoms with Crippen LogP contribution in [0.5, 0.6) is 0 Å². The normalized spacial score (nSPS) is 8.53. The van der Waals surface area contributed by atoms with Crippen molar-refractivity contribution in [3.8, 4) is 6.07 Å². The first kappa shape index (κ1) is 13.3. The smallest absolute Gasteiger partial charge is 0.310 e. The van der Waals surface area contributed by atoms with Gasteiger partial charge in [-0.3, -0.25) is 4.79 Å². The van der Waals surface area contributed by atoms with Crippen LogP contribution < -0.4 is 5.73 Å². The van der Waals surface area contributed by atoms with Crippen LogP contribution in [0, 0.1) is 11.3 Å². The van der Waals surface area contributed by atoms with E-state index in [4.69, 9.17) is 11.0 Å². The topological polar surface area (TPSA) is 76.1 Å². The van der Waals surface area contributed by atoms with Gasteiger partial charge in [-0.2, -0.15) is 5.26 Å². The van der Waals surface area contributed by atoms with Gasteiger partial charge in [0.05, 0.1) is 24.8 Å². The van der Waals surface area contributed by atoms with Crippen molar-refractivity contribution in [1.29, 1.82) is 5.26 Å². The van der Waals surface area contributed by atoms with Gasteiger partial charge in [0.15, 0.2) is 0 Å². The predicted octanol–water partition coefficient (Wildman–Crippen LogP) is 1.28. The number of hydrogen-bond acceptors (Lipinski definition) is 4.